The number of hydrogen-bond donors (Lipinski definition) is 3. The molecule has 0 spiro atoms. The number of nitrogens with zero attached hydrogens (tertiary/aromatic N) is 2. The molecule has 3 aromatic rings. The summed E-state index contributed by atoms with van der Waals surface area (Å²) in [5.41, 5.74) is 9.17. The predicted molar refractivity (Wildman–Crippen MR) is 131 cm³/mol. The number of nitrogens with two attached hydrogens (primary N) is 1. The second-order valence-corrected chi connectivity index (χ2v) is 8.46. The van der Waals surface area contributed by atoms with Gasteiger partial charge in [0.25, 0.3) is 5.91 Å². The number of ether oxygens (including phenoxy) is 1. The summed E-state index contributed by atoms with van der Waals surface area (Å²) in [6.45, 7) is 3.67. The fourth-order valence-corrected chi connectivity index (χ4v) is 4.62. The van der Waals surface area contributed by atoms with Gasteiger partial charge in [-0.15, -0.1) is 6.42 Å². The fourth-order valence-electron chi connectivity index (χ4n) is 4.62. The van der Waals surface area contributed by atoms with E-state index in [0.29, 0.717) is 29.6 Å². The molecular formula is C26H31N5O2. The SMILES string of the molecule is C#CCOc1cccc(CNC2CCCC(N(CC)C(=O)c3nc4c(N)cccc4[nH]3)C2)c1. The summed E-state index contributed by atoms with van der Waals surface area (Å²) in [5, 5.41) is 3.66. The van der Waals surface area contributed by atoms with Crippen molar-refractivity contribution in [3.63, 3.8) is 0 Å². The highest BCUT2D eigenvalue weighted by molar-refractivity contribution is 5.97. The van der Waals surface area contributed by atoms with E-state index in [9.17, 15) is 4.79 Å². The number of hydrogen-bond acceptors (Lipinski definition) is 5. The van der Waals surface area contributed by atoms with Gasteiger partial charge in [-0.1, -0.05) is 24.1 Å². The van der Waals surface area contributed by atoms with Gasteiger partial charge in [-0.3, -0.25) is 4.79 Å². The Hall–Kier alpha value is -3.50. The number of aromatic amines is 1. The van der Waals surface area contributed by atoms with Crippen molar-refractivity contribution in [1.82, 2.24) is 20.2 Å². The molecule has 1 heterocycles. The van der Waals surface area contributed by atoms with Crippen molar-refractivity contribution in [3.8, 4) is 18.1 Å². The zero-order valence-corrected chi connectivity index (χ0v) is 19.0. The number of carbonyl (C=O) groups excluding carboxylic acids is 1. The zero-order valence-electron chi connectivity index (χ0n) is 19.0. The third-order valence-corrected chi connectivity index (χ3v) is 6.25. The fraction of sp³-hybridized carbons (Fsp3) is 0.385. The molecule has 7 nitrogen and oxygen atoms in total. The van der Waals surface area contributed by atoms with E-state index in [1.807, 2.05) is 42.2 Å². The molecular weight excluding hydrogens is 414 g/mol. The molecule has 1 fully saturated rings. The minimum atomic E-state index is -0.0721. The number of nitrogen functional groups attached to an aromatic ring is 1. The summed E-state index contributed by atoms with van der Waals surface area (Å²) in [6, 6.07) is 14.0. The van der Waals surface area contributed by atoms with Crippen LogP contribution in [0.5, 0.6) is 5.75 Å². The normalized spacial score (nSPS) is 18.1. The van der Waals surface area contributed by atoms with Crippen LogP contribution in [0, 0.1) is 12.3 Å². The molecule has 0 aliphatic heterocycles. The maximum atomic E-state index is 13.3. The van der Waals surface area contributed by atoms with Crippen LogP contribution >= 0.6 is 0 Å². The lowest BCUT2D eigenvalue weighted by Gasteiger charge is -2.37. The number of rotatable bonds is 8. The molecule has 1 aliphatic rings. The summed E-state index contributed by atoms with van der Waals surface area (Å²) in [5.74, 6) is 3.55. The average molecular weight is 446 g/mol. The molecule has 0 radical (unpaired) electrons. The number of para-hydroxylation sites is 1. The molecule has 33 heavy (non-hydrogen) atoms. The highest BCUT2D eigenvalue weighted by atomic mass is 16.5. The summed E-state index contributed by atoms with van der Waals surface area (Å²) >= 11 is 0. The Morgan fingerprint density at radius 2 is 2.18 bits per heavy atom. The quantitative estimate of drug-likeness (QED) is 0.363. The Morgan fingerprint density at radius 1 is 1.33 bits per heavy atom. The maximum absolute atomic E-state index is 13.3. The molecule has 2 atom stereocenters. The Kier molecular flexibility index (Phi) is 7.16. The largest absolute Gasteiger partial charge is 0.481 e. The second kappa shape index (κ2) is 10.4. The van der Waals surface area contributed by atoms with Crippen LogP contribution in [-0.4, -0.2) is 46.0 Å². The van der Waals surface area contributed by atoms with Gasteiger partial charge in [0.1, 0.15) is 17.9 Å². The lowest BCUT2D eigenvalue weighted by molar-refractivity contribution is 0.0617. The molecule has 2 aromatic carbocycles. The topological polar surface area (TPSA) is 96.3 Å². The van der Waals surface area contributed by atoms with E-state index >= 15 is 0 Å². The Morgan fingerprint density at radius 3 is 2.97 bits per heavy atom. The standard InChI is InChI=1S/C26H31N5O2/c1-3-14-33-21-11-5-8-18(15-21)17-28-19-9-6-10-20(16-19)31(4-2)26(32)25-29-23-13-7-12-22(27)24(23)30-25/h1,5,7-8,11-13,15,19-20,28H,4,6,9-10,14,16-17,27H2,2H3,(H,29,30). The smallest absolute Gasteiger partial charge is 0.289 e. The number of fused-ring (bicyclic) bond motifs is 1. The van der Waals surface area contributed by atoms with Crippen molar-refractivity contribution in [1.29, 1.82) is 0 Å². The molecule has 0 saturated heterocycles. The minimum absolute atomic E-state index is 0.0721. The number of H-pyrrole nitrogens is 1. The summed E-state index contributed by atoms with van der Waals surface area (Å²) in [4.78, 5) is 22.9. The minimum Gasteiger partial charge on any atom is -0.481 e. The van der Waals surface area contributed by atoms with Gasteiger partial charge >= 0.3 is 0 Å². The molecule has 0 bridgehead atoms. The summed E-state index contributed by atoms with van der Waals surface area (Å²) in [7, 11) is 0. The number of aromatic nitrogens is 2. The molecule has 4 rings (SSSR count). The number of nitrogens with one attached hydrogen (secondary N) is 2. The lowest BCUT2D eigenvalue weighted by atomic mass is 9.89. The van der Waals surface area contributed by atoms with Crippen LogP contribution < -0.4 is 15.8 Å². The Labute approximate surface area is 194 Å². The van der Waals surface area contributed by atoms with Crippen molar-refractivity contribution in [2.75, 3.05) is 18.9 Å². The van der Waals surface area contributed by atoms with Crippen LogP contribution in [0.25, 0.3) is 11.0 Å². The first-order chi connectivity index (χ1) is 16.1. The number of imidazole rings is 1. The van der Waals surface area contributed by atoms with Gasteiger partial charge in [0.15, 0.2) is 5.82 Å². The zero-order chi connectivity index (χ0) is 23.2. The number of carbonyl (C=O) groups is 1. The summed E-state index contributed by atoms with van der Waals surface area (Å²) in [6.07, 6.45) is 9.35. The third kappa shape index (κ3) is 5.29. The number of terminal acetylenes is 1. The van der Waals surface area contributed by atoms with E-state index in [0.717, 1.165) is 49.1 Å². The first-order valence-corrected chi connectivity index (χ1v) is 11.5. The maximum Gasteiger partial charge on any atom is 0.289 e. The molecule has 2 unspecified atom stereocenters. The first-order valence-electron chi connectivity index (χ1n) is 11.5. The van der Waals surface area contributed by atoms with Gasteiger partial charge in [-0.2, -0.15) is 0 Å². The molecule has 1 amide bonds. The van der Waals surface area contributed by atoms with Crippen molar-refractivity contribution >= 4 is 22.6 Å². The molecule has 1 aliphatic carbocycles. The van der Waals surface area contributed by atoms with E-state index in [2.05, 4.69) is 27.3 Å². The van der Waals surface area contributed by atoms with E-state index in [-0.39, 0.29) is 18.6 Å². The predicted octanol–water partition coefficient (Wildman–Crippen LogP) is 3.72. The van der Waals surface area contributed by atoms with Crippen molar-refractivity contribution < 1.29 is 9.53 Å². The molecule has 1 aromatic heterocycles. The van der Waals surface area contributed by atoms with Crippen molar-refractivity contribution in [2.45, 2.75) is 51.2 Å². The first kappa shape index (κ1) is 22.7. The highest BCUT2D eigenvalue weighted by Gasteiger charge is 2.30. The van der Waals surface area contributed by atoms with Crippen LogP contribution in [0.2, 0.25) is 0 Å². The number of amides is 1. The van der Waals surface area contributed by atoms with E-state index < -0.39 is 0 Å². The lowest BCUT2D eigenvalue weighted by Crippen LogP contribution is -2.47. The molecule has 4 N–H and O–H groups in total. The van der Waals surface area contributed by atoms with Crippen LogP contribution in [0.1, 0.15) is 48.8 Å². The van der Waals surface area contributed by atoms with Crippen LogP contribution in [0.15, 0.2) is 42.5 Å². The summed E-state index contributed by atoms with van der Waals surface area (Å²) < 4.78 is 5.52. The second-order valence-electron chi connectivity index (χ2n) is 8.46. The molecule has 1 saturated carbocycles. The van der Waals surface area contributed by atoms with Gasteiger partial charge in [-0.25, -0.2) is 4.98 Å². The van der Waals surface area contributed by atoms with Gasteiger partial charge in [0.05, 0.1) is 11.2 Å². The van der Waals surface area contributed by atoms with Gasteiger partial charge in [0, 0.05) is 25.2 Å². The average Bonchev–Trinajstić information content (AvgIpc) is 3.28. The third-order valence-electron chi connectivity index (χ3n) is 6.25. The van der Waals surface area contributed by atoms with Crippen LogP contribution in [0.4, 0.5) is 5.69 Å². The highest BCUT2D eigenvalue weighted by Crippen LogP contribution is 2.26. The van der Waals surface area contributed by atoms with Crippen LogP contribution in [0.3, 0.4) is 0 Å². The molecule has 7 heteroatoms. The van der Waals surface area contributed by atoms with E-state index in [4.69, 9.17) is 16.9 Å². The monoisotopic (exact) mass is 445 g/mol. The number of anilines is 1. The van der Waals surface area contributed by atoms with Crippen molar-refractivity contribution in [2.24, 2.45) is 0 Å². The van der Waals surface area contributed by atoms with Crippen LogP contribution in [-0.2, 0) is 6.54 Å². The van der Waals surface area contributed by atoms with E-state index in [1.54, 1.807) is 6.07 Å². The Balaban J connectivity index is 1.39. The van der Waals surface area contributed by atoms with Gasteiger partial charge in [-0.05, 0) is 62.4 Å². The van der Waals surface area contributed by atoms with Gasteiger partial charge < -0.3 is 25.7 Å². The van der Waals surface area contributed by atoms with E-state index in [1.165, 1.54) is 0 Å². The number of benzene rings is 2. The van der Waals surface area contributed by atoms with Crippen molar-refractivity contribution in [3.05, 3.63) is 53.9 Å². The Bertz CT molecular complexity index is 1150. The van der Waals surface area contributed by atoms with Gasteiger partial charge in [0.2, 0.25) is 0 Å². The molecule has 172 valence electrons.